The average molecular weight is 217 g/mol. The third-order valence-electron chi connectivity index (χ3n) is 3.43. The third-order valence-corrected chi connectivity index (χ3v) is 4.56. The van der Waals surface area contributed by atoms with E-state index in [1.807, 2.05) is 0 Å². The molecule has 0 aromatic rings. The number of hydrogen-bond acceptors (Lipinski definition) is 0. The number of fused-ring (bicyclic) bond motifs is 1. The molecule has 0 bridgehead atoms. The van der Waals surface area contributed by atoms with Crippen molar-refractivity contribution in [2.45, 2.75) is 43.9 Å². The summed E-state index contributed by atoms with van der Waals surface area (Å²) in [5.74, 6) is 3.32. The smallest absolute Gasteiger partial charge is 0.0176 e. The Balaban J connectivity index is 1.84. The van der Waals surface area contributed by atoms with Crippen LogP contribution in [0.15, 0.2) is 0 Å². The van der Waals surface area contributed by atoms with Gasteiger partial charge >= 0.3 is 0 Å². The highest BCUT2D eigenvalue weighted by atomic mass is 79.9. The summed E-state index contributed by atoms with van der Waals surface area (Å²) in [4.78, 5) is 0.838. The number of hydrogen-bond donors (Lipinski definition) is 0. The van der Waals surface area contributed by atoms with Crippen LogP contribution >= 0.6 is 15.9 Å². The molecule has 0 aromatic heterocycles. The Labute approximate surface area is 77.9 Å². The summed E-state index contributed by atoms with van der Waals surface area (Å²) in [6, 6.07) is 0. The number of rotatable bonds is 3. The van der Waals surface area contributed by atoms with Crippen LogP contribution in [0.25, 0.3) is 0 Å². The fourth-order valence-electron chi connectivity index (χ4n) is 2.69. The first-order valence-corrected chi connectivity index (χ1v) is 5.88. The van der Waals surface area contributed by atoms with Gasteiger partial charge in [0.1, 0.15) is 0 Å². The molecule has 1 heteroatoms. The first-order chi connectivity index (χ1) is 5.33. The SMILES string of the molecule is CCCC(Br)C1CCC2CC21. The maximum Gasteiger partial charge on any atom is 0.0176 e. The Morgan fingerprint density at radius 3 is 2.73 bits per heavy atom. The highest BCUT2D eigenvalue weighted by Crippen LogP contribution is 2.57. The van der Waals surface area contributed by atoms with Crippen molar-refractivity contribution in [2.24, 2.45) is 17.8 Å². The molecule has 11 heavy (non-hydrogen) atoms. The molecule has 2 fully saturated rings. The van der Waals surface area contributed by atoms with E-state index in [-0.39, 0.29) is 0 Å². The van der Waals surface area contributed by atoms with Gasteiger partial charge in [-0.1, -0.05) is 29.3 Å². The summed E-state index contributed by atoms with van der Waals surface area (Å²) in [6.07, 6.45) is 7.31. The minimum atomic E-state index is 0.838. The Kier molecular flexibility index (Phi) is 2.27. The van der Waals surface area contributed by atoms with E-state index in [0.29, 0.717) is 0 Å². The van der Waals surface area contributed by atoms with Crippen LogP contribution < -0.4 is 0 Å². The summed E-state index contributed by atoms with van der Waals surface area (Å²) in [7, 11) is 0. The lowest BCUT2D eigenvalue weighted by Crippen LogP contribution is -2.13. The summed E-state index contributed by atoms with van der Waals surface area (Å²) in [5, 5.41) is 0. The fraction of sp³-hybridized carbons (Fsp3) is 1.00. The van der Waals surface area contributed by atoms with Gasteiger partial charge in [0.2, 0.25) is 0 Å². The quantitative estimate of drug-likeness (QED) is 0.633. The van der Waals surface area contributed by atoms with Crippen LogP contribution in [-0.2, 0) is 0 Å². The highest BCUT2D eigenvalue weighted by molar-refractivity contribution is 9.09. The van der Waals surface area contributed by atoms with Crippen molar-refractivity contribution in [3.63, 3.8) is 0 Å². The van der Waals surface area contributed by atoms with Gasteiger partial charge in [0.05, 0.1) is 0 Å². The summed E-state index contributed by atoms with van der Waals surface area (Å²) in [5.41, 5.74) is 0. The summed E-state index contributed by atoms with van der Waals surface area (Å²) in [6.45, 7) is 2.29. The molecule has 0 aromatic carbocycles. The maximum atomic E-state index is 3.83. The molecule has 2 rings (SSSR count). The molecule has 2 saturated carbocycles. The van der Waals surface area contributed by atoms with Gasteiger partial charge in [-0.25, -0.2) is 0 Å². The molecular weight excluding hydrogens is 200 g/mol. The van der Waals surface area contributed by atoms with E-state index in [1.54, 1.807) is 6.42 Å². The molecule has 0 aliphatic heterocycles. The zero-order valence-corrected chi connectivity index (χ0v) is 8.81. The van der Waals surface area contributed by atoms with Gasteiger partial charge in [0.15, 0.2) is 0 Å². The van der Waals surface area contributed by atoms with Crippen LogP contribution in [0.4, 0.5) is 0 Å². The van der Waals surface area contributed by atoms with Gasteiger partial charge in [-0.3, -0.25) is 0 Å². The highest BCUT2D eigenvalue weighted by Gasteiger charge is 2.49. The van der Waals surface area contributed by atoms with Gasteiger partial charge in [-0.2, -0.15) is 0 Å². The monoisotopic (exact) mass is 216 g/mol. The summed E-state index contributed by atoms with van der Waals surface area (Å²) < 4.78 is 0. The van der Waals surface area contributed by atoms with Crippen LogP contribution in [0.2, 0.25) is 0 Å². The second kappa shape index (κ2) is 3.08. The first kappa shape index (κ1) is 8.10. The molecule has 0 amide bonds. The predicted octanol–water partition coefficient (Wildman–Crippen LogP) is 3.60. The third kappa shape index (κ3) is 1.49. The van der Waals surface area contributed by atoms with Crippen molar-refractivity contribution in [1.82, 2.24) is 0 Å². The van der Waals surface area contributed by atoms with Crippen molar-refractivity contribution in [3.8, 4) is 0 Å². The predicted molar refractivity (Wildman–Crippen MR) is 51.9 cm³/mol. The zero-order valence-electron chi connectivity index (χ0n) is 7.22. The molecule has 0 nitrogen and oxygen atoms in total. The van der Waals surface area contributed by atoms with Crippen molar-refractivity contribution in [2.75, 3.05) is 0 Å². The molecule has 2 aliphatic carbocycles. The lowest BCUT2D eigenvalue weighted by atomic mass is 9.97. The van der Waals surface area contributed by atoms with Crippen LogP contribution in [0.1, 0.15) is 39.0 Å². The van der Waals surface area contributed by atoms with Gasteiger partial charge in [-0.05, 0) is 43.4 Å². The topological polar surface area (TPSA) is 0 Å². The van der Waals surface area contributed by atoms with E-state index in [0.717, 1.165) is 22.6 Å². The Morgan fingerprint density at radius 2 is 2.27 bits per heavy atom. The van der Waals surface area contributed by atoms with E-state index >= 15 is 0 Å². The van der Waals surface area contributed by atoms with Gasteiger partial charge < -0.3 is 0 Å². The van der Waals surface area contributed by atoms with E-state index in [1.165, 1.54) is 25.7 Å². The maximum absolute atomic E-state index is 3.83. The second-order valence-corrected chi connectivity index (χ2v) is 5.38. The van der Waals surface area contributed by atoms with Crippen molar-refractivity contribution < 1.29 is 0 Å². The molecule has 64 valence electrons. The number of alkyl halides is 1. The Bertz CT molecular complexity index is 144. The van der Waals surface area contributed by atoms with Gasteiger partial charge in [0.25, 0.3) is 0 Å². The van der Waals surface area contributed by atoms with Crippen molar-refractivity contribution in [1.29, 1.82) is 0 Å². The lowest BCUT2D eigenvalue weighted by Gasteiger charge is -2.17. The van der Waals surface area contributed by atoms with Crippen molar-refractivity contribution >= 4 is 15.9 Å². The van der Waals surface area contributed by atoms with E-state index in [2.05, 4.69) is 22.9 Å². The second-order valence-electron chi connectivity index (χ2n) is 4.21. The zero-order chi connectivity index (χ0) is 7.84. The molecule has 0 N–H and O–H groups in total. The molecule has 0 spiro atoms. The average Bonchev–Trinajstić information content (AvgIpc) is 2.63. The minimum absolute atomic E-state index is 0.838. The largest absolute Gasteiger partial charge is 0.0888 e. The molecule has 4 atom stereocenters. The van der Waals surface area contributed by atoms with E-state index in [9.17, 15) is 0 Å². The van der Waals surface area contributed by atoms with Gasteiger partial charge in [0, 0.05) is 4.83 Å². The van der Waals surface area contributed by atoms with Crippen LogP contribution in [0.5, 0.6) is 0 Å². The fourth-order valence-corrected chi connectivity index (χ4v) is 3.80. The lowest BCUT2D eigenvalue weighted by molar-refractivity contribution is 0.447. The van der Waals surface area contributed by atoms with Crippen LogP contribution in [0.3, 0.4) is 0 Å². The normalized spacial score (nSPS) is 43.6. The summed E-state index contributed by atoms with van der Waals surface area (Å²) >= 11 is 3.83. The molecule has 0 saturated heterocycles. The van der Waals surface area contributed by atoms with Crippen molar-refractivity contribution in [3.05, 3.63) is 0 Å². The number of halogens is 1. The first-order valence-electron chi connectivity index (χ1n) is 4.97. The van der Waals surface area contributed by atoms with E-state index in [4.69, 9.17) is 0 Å². The molecule has 2 aliphatic rings. The Morgan fingerprint density at radius 1 is 1.45 bits per heavy atom. The Hall–Kier alpha value is 0.480. The molecule has 0 radical (unpaired) electrons. The standard InChI is InChI=1S/C10H17Br/c1-2-3-10(11)8-5-4-7-6-9(7)8/h7-10H,2-6H2,1H3. The van der Waals surface area contributed by atoms with E-state index < -0.39 is 0 Å². The van der Waals surface area contributed by atoms with Gasteiger partial charge in [-0.15, -0.1) is 0 Å². The molecule has 4 unspecified atom stereocenters. The van der Waals surface area contributed by atoms with Crippen LogP contribution in [-0.4, -0.2) is 4.83 Å². The van der Waals surface area contributed by atoms with Crippen LogP contribution in [0, 0.1) is 17.8 Å². The minimum Gasteiger partial charge on any atom is -0.0888 e. The molecular formula is C10H17Br. The molecule has 0 heterocycles.